The Morgan fingerprint density at radius 3 is 2.94 bits per heavy atom. The monoisotopic (exact) mass is 240 g/mol. The zero-order chi connectivity index (χ0) is 12.1. The van der Waals surface area contributed by atoms with Crippen LogP contribution >= 0.6 is 0 Å². The molecule has 1 amide bonds. The van der Waals surface area contributed by atoms with Crippen LogP contribution in [0.25, 0.3) is 0 Å². The number of nitrogens with one attached hydrogen (secondary N) is 1. The average Bonchev–Trinajstić information content (AvgIpc) is 2.40. The Bertz CT molecular complexity index is 250. The second-order valence-electron chi connectivity index (χ2n) is 5.35. The fraction of sp³-hybridized carbons (Fsp3) is 0.923. The molecule has 0 saturated carbocycles. The molecule has 0 aliphatic carbocycles. The van der Waals surface area contributed by atoms with Gasteiger partial charge in [0.15, 0.2) is 0 Å². The van der Waals surface area contributed by atoms with Crippen molar-refractivity contribution < 1.29 is 9.90 Å². The maximum atomic E-state index is 12.3. The molecule has 2 saturated heterocycles. The number of hydrogen-bond acceptors (Lipinski definition) is 3. The van der Waals surface area contributed by atoms with Crippen molar-refractivity contribution in [2.45, 2.75) is 32.1 Å². The van der Waals surface area contributed by atoms with Gasteiger partial charge in [0, 0.05) is 26.2 Å². The Morgan fingerprint density at radius 2 is 2.24 bits per heavy atom. The lowest BCUT2D eigenvalue weighted by atomic mass is 9.92. The van der Waals surface area contributed by atoms with E-state index in [-0.39, 0.29) is 12.5 Å². The quantitative estimate of drug-likeness (QED) is 0.760. The van der Waals surface area contributed by atoms with Gasteiger partial charge < -0.3 is 15.3 Å². The molecule has 2 rings (SSSR count). The van der Waals surface area contributed by atoms with Crippen molar-refractivity contribution in [1.82, 2.24) is 10.2 Å². The van der Waals surface area contributed by atoms with Gasteiger partial charge in [-0.25, -0.2) is 0 Å². The maximum absolute atomic E-state index is 12.3. The zero-order valence-corrected chi connectivity index (χ0v) is 10.5. The van der Waals surface area contributed by atoms with Crippen LogP contribution in [0.5, 0.6) is 0 Å². The second-order valence-corrected chi connectivity index (χ2v) is 5.35. The van der Waals surface area contributed by atoms with Gasteiger partial charge in [0.2, 0.25) is 5.91 Å². The van der Waals surface area contributed by atoms with E-state index in [1.54, 1.807) is 0 Å². The molecule has 98 valence electrons. The Kier molecular flexibility index (Phi) is 4.80. The molecule has 2 N–H and O–H groups in total. The molecule has 0 aromatic carbocycles. The molecule has 2 aliphatic heterocycles. The van der Waals surface area contributed by atoms with E-state index in [2.05, 4.69) is 5.32 Å². The van der Waals surface area contributed by atoms with E-state index in [1.165, 1.54) is 0 Å². The van der Waals surface area contributed by atoms with Crippen molar-refractivity contribution in [2.75, 3.05) is 32.8 Å². The van der Waals surface area contributed by atoms with E-state index >= 15 is 0 Å². The molecule has 2 atom stereocenters. The van der Waals surface area contributed by atoms with Crippen LogP contribution in [0.3, 0.4) is 0 Å². The normalized spacial score (nSPS) is 30.3. The summed E-state index contributed by atoms with van der Waals surface area (Å²) in [6.07, 6.45) is 5.24. The standard InChI is InChI=1S/C13H24N2O2/c16-8-5-11-3-2-7-15(10-11)13(17)12-4-1-6-14-9-12/h11-12,14,16H,1-10H2/t11?,12-/m1/s1. The molecule has 4 nitrogen and oxygen atoms in total. The first kappa shape index (κ1) is 12.8. The molecule has 0 aromatic rings. The zero-order valence-electron chi connectivity index (χ0n) is 10.5. The van der Waals surface area contributed by atoms with Gasteiger partial charge in [0.25, 0.3) is 0 Å². The minimum absolute atomic E-state index is 0.191. The predicted molar refractivity (Wildman–Crippen MR) is 66.6 cm³/mol. The highest BCUT2D eigenvalue weighted by Crippen LogP contribution is 2.22. The molecule has 4 heteroatoms. The van der Waals surface area contributed by atoms with Crippen molar-refractivity contribution in [2.24, 2.45) is 11.8 Å². The lowest BCUT2D eigenvalue weighted by molar-refractivity contribution is -0.138. The molecule has 2 fully saturated rings. The van der Waals surface area contributed by atoms with Crippen LogP contribution in [0, 0.1) is 11.8 Å². The number of hydrogen-bond donors (Lipinski definition) is 2. The van der Waals surface area contributed by atoms with Crippen molar-refractivity contribution in [3.05, 3.63) is 0 Å². The highest BCUT2D eigenvalue weighted by atomic mass is 16.3. The Morgan fingerprint density at radius 1 is 1.35 bits per heavy atom. The summed E-state index contributed by atoms with van der Waals surface area (Å²) in [5.41, 5.74) is 0. The van der Waals surface area contributed by atoms with Crippen LogP contribution in [0.2, 0.25) is 0 Å². The number of aliphatic hydroxyl groups is 1. The molecular formula is C13H24N2O2. The summed E-state index contributed by atoms with van der Waals surface area (Å²) in [7, 11) is 0. The van der Waals surface area contributed by atoms with E-state index in [0.717, 1.165) is 58.3 Å². The van der Waals surface area contributed by atoms with Gasteiger partial charge in [0.1, 0.15) is 0 Å². The number of likely N-dealkylation sites (tertiary alicyclic amines) is 1. The van der Waals surface area contributed by atoms with Gasteiger partial charge in [-0.05, 0) is 44.6 Å². The molecule has 2 heterocycles. The third-order valence-corrected chi connectivity index (χ3v) is 4.01. The molecular weight excluding hydrogens is 216 g/mol. The highest BCUT2D eigenvalue weighted by molar-refractivity contribution is 5.79. The minimum atomic E-state index is 0.191. The number of rotatable bonds is 3. The third kappa shape index (κ3) is 3.42. The lowest BCUT2D eigenvalue weighted by Crippen LogP contribution is -2.47. The molecule has 17 heavy (non-hydrogen) atoms. The Labute approximate surface area is 103 Å². The van der Waals surface area contributed by atoms with Crippen molar-refractivity contribution >= 4 is 5.91 Å². The van der Waals surface area contributed by atoms with E-state index in [0.29, 0.717) is 11.8 Å². The number of carbonyl (C=O) groups excluding carboxylic acids is 1. The van der Waals surface area contributed by atoms with Gasteiger partial charge in [-0.2, -0.15) is 0 Å². The molecule has 1 unspecified atom stereocenters. The second kappa shape index (κ2) is 6.36. The minimum Gasteiger partial charge on any atom is -0.396 e. The fourth-order valence-electron chi connectivity index (χ4n) is 3.00. The number of aliphatic hydroxyl groups excluding tert-OH is 1. The van der Waals surface area contributed by atoms with Crippen LogP contribution in [0.15, 0.2) is 0 Å². The average molecular weight is 240 g/mol. The van der Waals surface area contributed by atoms with Crippen LogP contribution in [-0.2, 0) is 4.79 Å². The molecule has 0 spiro atoms. The van der Waals surface area contributed by atoms with Crippen LogP contribution < -0.4 is 5.32 Å². The third-order valence-electron chi connectivity index (χ3n) is 4.01. The summed E-state index contributed by atoms with van der Waals surface area (Å²) in [6.45, 7) is 3.92. The van der Waals surface area contributed by atoms with E-state index in [1.807, 2.05) is 4.90 Å². The molecule has 0 radical (unpaired) electrons. The SMILES string of the molecule is O=C([C@@H]1CCCNC1)N1CCCC(CCO)C1. The van der Waals surface area contributed by atoms with Gasteiger partial charge >= 0.3 is 0 Å². The van der Waals surface area contributed by atoms with Gasteiger partial charge in [-0.15, -0.1) is 0 Å². The maximum Gasteiger partial charge on any atom is 0.226 e. The topological polar surface area (TPSA) is 52.6 Å². The van der Waals surface area contributed by atoms with Crippen LogP contribution in [-0.4, -0.2) is 48.7 Å². The number of carbonyl (C=O) groups is 1. The number of nitrogens with zero attached hydrogens (tertiary/aromatic N) is 1. The van der Waals surface area contributed by atoms with E-state index in [4.69, 9.17) is 5.11 Å². The summed E-state index contributed by atoms with van der Waals surface area (Å²) in [5.74, 6) is 1.03. The fourth-order valence-corrected chi connectivity index (χ4v) is 3.00. The largest absolute Gasteiger partial charge is 0.396 e. The van der Waals surface area contributed by atoms with Crippen LogP contribution in [0.1, 0.15) is 32.1 Å². The number of amides is 1. The summed E-state index contributed by atoms with van der Waals surface area (Å²) in [4.78, 5) is 14.4. The van der Waals surface area contributed by atoms with Crippen LogP contribution in [0.4, 0.5) is 0 Å². The number of piperidine rings is 2. The summed E-state index contributed by atoms with van der Waals surface area (Å²) in [6, 6.07) is 0. The van der Waals surface area contributed by atoms with Crippen molar-refractivity contribution in [3.8, 4) is 0 Å². The summed E-state index contributed by atoms with van der Waals surface area (Å²) >= 11 is 0. The highest BCUT2D eigenvalue weighted by Gasteiger charge is 2.29. The molecule has 0 bridgehead atoms. The van der Waals surface area contributed by atoms with Crippen molar-refractivity contribution in [3.63, 3.8) is 0 Å². The lowest BCUT2D eigenvalue weighted by Gasteiger charge is -2.35. The first-order chi connectivity index (χ1) is 8.31. The molecule has 0 aromatic heterocycles. The van der Waals surface area contributed by atoms with E-state index < -0.39 is 0 Å². The summed E-state index contributed by atoms with van der Waals surface area (Å²) < 4.78 is 0. The first-order valence-corrected chi connectivity index (χ1v) is 6.91. The van der Waals surface area contributed by atoms with E-state index in [9.17, 15) is 4.79 Å². The Hall–Kier alpha value is -0.610. The van der Waals surface area contributed by atoms with Gasteiger partial charge in [-0.1, -0.05) is 0 Å². The van der Waals surface area contributed by atoms with Gasteiger partial charge in [-0.3, -0.25) is 4.79 Å². The first-order valence-electron chi connectivity index (χ1n) is 6.91. The Balaban J connectivity index is 1.85. The summed E-state index contributed by atoms with van der Waals surface area (Å²) in [5, 5.41) is 12.3. The van der Waals surface area contributed by atoms with Gasteiger partial charge in [0.05, 0.1) is 5.92 Å². The smallest absolute Gasteiger partial charge is 0.226 e. The predicted octanol–water partition coefficient (Wildman–Crippen LogP) is 0.607. The molecule has 2 aliphatic rings. The van der Waals surface area contributed by atoms with Crippen molar-refractivity contribution in [1.29, 1.82) is 0 Å².